The summed E-state index contributed by atoms with van der Waals surface area (Å²) >= 11 is 0. The summed E-state index contributed by atoms with van der Waals surface area (Å²) in [7, 11) is 0. The standard InChI is InChI=1S/C14H23NO/c1-4-14(5-2,6-3)15-11-12-7-9-13(16)10-8-12/h7-10,15-16H,4-6,11H2,1-3H3. The minimum absolute atomic E-state index is 0.262. The Labute approximate surface area is 98.7 Å². The molecule has 0 aliphatic heterocycles. The van der Waals surface area contributed by atoms with Crippen LogP contribution in [0.15, 0.2) is 24.3 Å². The zero-order chi connectivity index (χ0) is 12.0. The Bertz CT molecular complexity index is 293. The lowest BCUT2D eigenvalue weighted by molar-refractivity contribution is 0.288. The normalized spacial score (nSPS) is 11.7. The van der Waals surface area contributed by atoms with Crippen LogP contribution in [-0.2, 0) is 6.54 Å². The van der Waals surface area contributed by atoms with Gasteiger partial charge in [0.1, 0.15) is 5.75 Å². The molecule has 16 heavy (non-hydrogen) atoms. The molecule has 0 fully saturated rings. The zero-order valence-corrected chi connectivity index (χ0v) is 10.6. The molecule has 2 nitrogen and oxygen atoms in total. The summed E-state index contributed by atoms with van der Waals surface area (Å²) in [6.45, 7) is 7.57. The largest absolute Gasteiger partial charge is 0.508 e. The third kappa shape index (κ3) is 3.24. The lowest BCUT2D eigenvalue weighted by Gasteiger charge is -2.32. The van der Waals surface area contributed by atoms with E-state index in [1.165, 1.54) is 5.56 Å². The molecule has 2 heteroatoms. The summed E-state index contributed by atoms with van der Waals surface area (Å²) in [5.74, 6) is 0.330. The predicted molar refractivity (Wildman–Crippen MR) is 68.6 cm³/mol. The first-order chi connectivity index (χ1) is 7.65. The smallest absolute Gasteiger partial charge is 0.115 e. The maximum atomic E-state index is 9.20. The van der Waals surface area contributed by atoms with Gasteiger partial charge < -0.3 is 10.4 Å². The van der Waals surface area contributed by atoms with E-state index in [0.29, 0.717) is 5.75 Å². The van der Waals surface area contributed by atoms with Gasteiger partial charge >= 0.3 is 0 Å². The third-order valence-corrected chi connectivity index (χ3v) is 3.63. The van der Waals surface area contributed by atoms with E-state index in [9.17, 15) is 5.11 Å². The summed E-state index contributed by atoms with van der Waals surface area (Å²) in [6.07, 6.45) is 3.45. The van der Waals surface area contributed by atoms with Crippen LogP contribution >= 0.6 is 0 Å². The molecule has 0 aliphatic rings. The molecule has 0 saturated carbocycles. The van der Waals surface area contributed by atoms with E-state index in [1.807, 2.05) is 12.1 Å². The minimum atomic E-state index is 0.262. The lowest BCUT2D eigenvalue weighted by Crippen LogP contribution is -2.43. The Morgan fingerprint density at radius 2 is 1.50 bits per heavy atom. The molecule has 90 valence electrons. The van der Waals surface area contributed by atoms with Gasteiger partial charge in [0, 0.05) is 12.1 Å². The van der Waals surface area contributed by atoms with Gasteiger partial charge in [0.25, 0.3) is 0 Å². The molecule has 1 aromatic carbocycles. The molecule has 0 radical (unpaired) electrons. The van der Waals surface area contributed by atoms with Crippen molar-refractivity contribution in [2.75, 3.05) is 0 Å². The SMILES string of the molecule is CCC(CC)(CC)NCc1ccc(O)cc1. The number of benzene rings is 1. The van der Waals surface area contributed by atoms with E-state index in [-0.39, 0.29) is 5.54 Å². The van der Waals surface area contributed by atoms with Crippen LogP contribution in [0.1, 0.15) is 45.6 Å². The Balaban J connectivity index is 2.58. The molecule has 0 aliphatic carbocycles. The van der Waals surface area contributed by atoms with Crippen molar-refractivity contribution in [1.29, 1.82) is 0 Å². The topological polar surface area (TPSA) is 32.3 Å². The molecule has 1 rings (SSSR count). The Hall–Kier alpha value is -1.02. The molecule has 0 heterocycles. The molecule has 0 unspecified atom stereocenters. The Morgan fingerprint density at radius 3 is 1.94 bits per heavy atom. The van der Waals surface area contributed by atoms with Crippen LogP contribution < -0.4 is 5.32 Å². The molecule has 0 amide bonds. The van der Waals surface area contributed by atoms with E-state index < -0.39 is 0 Å². The highest BCUT2D eigenvalue weighted by molar-refractivity contribution is 5.25. The van der Waals surface area contributed by atoms with E-state index in [2.05, 4.69) is 26.1 Å². The second kappa shape index (κ2) is 5.90. The Morgan fingerprint density at radius 1 is 1.00 bits per heavy atom. The van der Waals surface area contributed by atoms with Crippen molar-refractivity contribution >= 4 is 0 Å². The number of phenols is 1. The summed E-state index contributed by atoms with van der Waals surface area (Å²) in [5.41, 5.74) is 1.48. The van der Waals surface area contributed by atoms with Crippen LogP contribution in [0.4, 0.5) is 0 Å². The number of phenolic OH excluding ortho intramolecular Hbond substituents is 1. The number of hydrogen-bond acceptors (Lipinski definition) is 2. The highest BCUT2D eigenvalue weighted by atomic mass is 16.3. The summed E-state index contributed by atoms with van der Waals surface area (Å²) in [5, 5.41) is 12.8. The number of aromatic hydroxyl groups is 1. The monoisotopic (exact) mass is 221 g/mol. The second-order valence-electron chi connectivity index (χ2n) is 4.36. The molecular formula is C14H23NO. The van der Waals surface area contributed by atoms with E-state index in [4.69, 9.17) is 0 Å². The van der Waals surface area contributed by atoms with Crippen molar-refractivity contribution in [2.45, 2.75) is 52.1 Å². The van der Waals surface area contributed by atoms with Gasteiger partial charge in [-0.05, 0) is 37.0 Å². The average Bonchev–Trinajstić information content (AvgIpc) is 2.34. The molecule has 0 bridgehead atoms. The van der Waals surface area contributed by atoms with Gasteiger partial charge in [-0.15, -0.1) is 0 Å². The average molecular weight is 221 g/mol. The van der Waals surface area contributed by atoms with Gasteiger partial charge in [-0.25, -0.2) is 0 Å². The third-order valence-electron chi connectivity index (χ3n) is 3.63. The van der Waals surface area contributed by atoms with Crippen LogP contribution in [0.3, 0.4) is 0 Å². The van der Waals surface area contributed by atoms with E-state index in [0.717, 1.165) is 25.8 Å². The number of nitrogens with one attached hydrogen (secondary N) is 1. The number of rotatable bonds is 6. The lowest BCUT2D eigenvalue weighted by atomic mass is 9.89. The number of hydrogen-bond donors (Lipinski definition) is 2. The summed E-state index contributed by atoms with van der Waals surface area (Å²) in [6, 6.07) is 7.41. The maximum Gasteiger partial charge on any atom is 0.115 e. The molecule has 2 N–H and O–H groups in total. The van der Waals surface area contributed by atoms with Gasteiger partial charge in [0.15, 0.2) is 0 Å². The van der Waals surface area contributed by atoms with Crippen LogP contribution in [-0.4, -0.2) is 10.6 Å². The van der Waals surface area contributed by atoms with Gasteiger partial charge in [-0.1, -0.05) is 32.9 Å². The maximum absolute atomic E-state index is 9.20. The fourth-order valence-corrected chi connectivity index (χ4v) is 2.03. The van der Waals surface area contributed by atoms with Gasteiger partial charge in [-0.2, -0.15) is 0 Å². The quantitative estimate of drug-likeness (QED) is 0.771. The molecule has 0 saturated heterocycles. The van der Waals surface area contributed by atoms with Gasteiger partial charge in [0.2, 0.25) is 0 Å². The summed E-state index contributed by atoms with van der Waals surface area (Å²) in [4.78, 5) is 0. The van der Waals surface area contributed by atoms with Gasteiger partial charge in [-0.3, -0.25) is 0 Å². The minimum Gasteiger partial charge on any atom is -0.508 e. The molecule has 0 atom stereocenters. The first-order valence-electron chi connectivity index (χ1n) is 6.18. The molecule has 0 aromatic heterocycles. The highest BCUT2D eigenvalue weighted by Crippen LogP contribution is 2.20. The van der Waals surface area contributed by atoms with Crippen LogP contribution in [0.5, 0.6) is 5.75 Å². The van der Waals surface area contributed by atoms with Gasteiger partial charge in [0.05, 0.1) is 0 Å². The fraction of sp³-hybridized carbons (Fsp3) is 0.571. The van der Waals surface area contributed by atoms with Crippen molar-refractivity contribution in [1.82, 2.24) is 5.32 Å². The van der Waals surface area contributed by atoms with Crippen molar-refractivity contribution in [3.63, 3.8) is 0 Å². The first kappa shape index (κ1) is 13.0. The van der Waals surface area contributed by atoms with E-state index in [1.54, 1.807) is 12.1 Å². The van der Waals surface area contributed by atoms with Crippen LogP contribution in [0, 0.1) is 0 Å². The van der Waals surface area contributed by atoms with Crippen LogP contribution in [0.2, 0.25) is 0 Å². The summed E-state index contributed by atoms with van der Waals surface area (Å²) < 4.78 is 0. The van der Waals surface area contributed by atoms with Crippen molar-refractivity contribution in [2.24, 2.45) is 0 Å². The fourth-order valence-electron chi connectivity index (χ4n) is 2.03. The van der Waals surface area contributed by atoms with Crippen molar-refractivity contribution < 1.29 is 5.11 Å². The molecule has 1 aromatic rings. The van der Waals surface area contributed by atoms with Crippen LogP contribution in [0.25, 0.3) is 0 Å². The molecule has 0 spiro atoms. The highest BCUT2D eigenvalue weighted by Gasteiger charge is 2.22. The Kier molecular flexibility index (Phi) is 4.81. The van der Waals surface area contributed by atoms with E-state index >= 15 is 0 Å². The van der Waals surface area contributed by atoms with Crippen molar-refractivity contribution in [3.05, 3.63) is 29.8 Å². The predicted octanol–water partition coefficient (Wildman–Crippen LogP) is 3.45. The van der Waals surface area contributed by atoms with Crippen molar-refractivity contribution in [3.8, 4) is 5.75 Å². The second-order valence-corrected chi connectivity index (χ2v) is 4.36. The molecular weight excluding hydrogens is 198 g/mol. The zero-order valence-electron chi connectivity index (χ0n) is 10.6. The first-order valence-corrected chi connectivity index (χ1v) is 6.18.